The Hall–Kier alpha value is -5.24. The number of carbonyl (C=O) groups excluding carboxylic acids is 2. The van der Waals surface area contributed by atoms with Gasteiger partial charge in [0.1, 0.15) is 0 Å². The van der Waals surface area contributed by atoms with Crippen molar-refractivity contribution in [1.82, 2.24) is 29.7 Å². The molecule has 0 unspecified atom stereocenters. The van der Waals surface area contributed by atoms with Gasteiger partial charge in [-0.25, -0.2) is 0 Å². The molecule has 0 spiro atoms. The first-order chi connectivity index (χ1) is 19.7. The van der Waals surface area contributed by atoms with E-state index in [4.69, 9.17) is 0 Å². The average Bonchev–Trinajstić information content (AvgIpc) is 3.02. The first-order valence-corrected chi connectivity index (χ1v) is 12.9. The highest BCUT2D eigenvalue weighted by Crippen LogP contribution is 2.20. The fraction of sp³-hybridized carbons (Fsp3) is 0.125. The summed E-state index contributed by atoms with van der Waals surface area (Å²) < 4.78 is 0. The standard InChI is InChI=1S/C32H28N6O2/c39-31(37(21-25-11-3-7-17-33-25)22-26-12-4-8-18-34-26)29-15-1-2-16-30(29)32(40)38(23-27-13-5-9-19-35-27)24-28-14-6-10-20-36-28/h1-20H,21-24H2. The van der Waals surface area contributed by atoms with Crippen LogP contribution in [0.25, 0.3) is 0 Å². The molecule has 40 heavy (non-hydrogen) atoms. The maximum Gasteiger partial charge on any atom is 0.255 e. The van der Waals surface area contributed by atoms with E-state index in [0.717, 1.165) is 22.8 Å². The van der Waals surface area contributed by atoms with Crippen molar-refractivity contribution >= 4 is 11.8 Å². The Morgan fingerprint density at radius 3 is 0.950 bits per heavy atom. The summed E-state index contributed by atoms with van der Waals surface area (Å²) in [6.07, 6.45) is 6.79. The van der Waals surface area contributed by atoms with Gasteiger partial charge in [-0.1, -0.05) is 36.4 Å². The minimum absolute atomic E-state index is 0.268. The van der Waals surface area contributed by atoms with Crippen molar-refractivity contribution in [2.45, 2.75) is 26.2 Å². The third-order valence-electron chi connectivity index (χ3n) is 6.28. The zero-order valence-electron chi connectivity index (χ0n) is 21.9. The van der Waals surface area contributed by atoms with Crippen molar-refractivity contribution in [3.8, 4) is 0 Å². The van der Waals surface area contributed by atoms with Crippen LogP contribution in [0.4, 0.5) is 0 Å². The molecular formula is C32H28N6O2. The lowest BCUT2D eigenvalue weighted by atomic mass is 10.0. The second-order valence-corrected chi connectivity index (χ2v) is 9.15. The molecule has 0 radical (unpaired) electrons. The minimum Gasteiger partial charge on any atom is -0.327 e. The molecule has 198 valence electrons. The van der Waals surface area contributed by atoms with Gasteiger partial charge in [0.2, 0.25) is 0 Å². The monoisotopic (exact) mass is 528 g/mol. The Labute approximate surface area is 233 Å². The summed E-state index contributed by atoms with van der Waals surface area (Å²) in [7, 11) is 0. The normalized spacial score (nSPS) is 10.6. The van der Waals surface area contributed by atoms with Crippen LogP contribution in [0.15, 0.2) is 122 Å². The third kappa shape index (κ3) is 6.79. The molecule has 0 atom stereocenters. The van der Waals surface area contributed by atoms with Gasteiger partial charge in [0.05, 0.1) is 60.1 Å². The first kappa shape index (κ1) is 26.4. The van der Waals surface area contributed by atoms with Gasteiger partial charge >= 0.3 is 0 Å². The van der Waals surface area contributed by atoms with E-state index in [2.05, 4.69) is 19.9 Å². The smallest absolute Gasteiger partial charge is 0.255 e. The van der Waals surface area contributed by atoms with E-state index in [-0.39, 0.29) is 38.0 Å². The van der Waals surface area contributed by atoms with Crippen molar-refractivity contribution in [2.75, 3.05) is 0 Å². The topological polar surface area (TPSA) is 92.2 Å². The van der Waals surface area contributed by atoms with E-state index >= 15 is 0 Å². The number of hydrogen-bond acceptors (Lipinski definition) is 6. The predicted molar refractivity (Wildman–Crippen MR) is 151 cm³/mol. The lowest BCUT2D eigenvalue weighted by Crippen LogP contribution is -2.35. The van der Waals surface area contributed by atoms with Gasteiger partial charge in [0.15, 0.2) is 0 Å². The van der Waals surface area contributed by atoms with Gasteiger partial charge in [0, 0.05) is 24.8 Å². The van der Waals surface area contributed by atoms with Gasteiger partial charge in [-0.05, 0) is 60.7 Å². The minimum atomic E-state index is -0.282. The molecule has 2 amide bonds. The highest BCUT2D eigenvalue weighted by molar-refractivity contribution is 6.07. The third-order valence-corrected chi connectivity index (χ3v) is 6.28. The van der Waals surface area contributed by atoms with Gasteiger partial charge in [-0.15, -0.1) is 0 Å². The molecule has 8 nitrogen and oxygen atoms in total. The molecule has 0 bridgehead atoms. The Morgan fingerprint density at radius 2 is 0.700 bits per heavy atom. The molecule has 0 saturated heterocycles. The summed E-state index contributed by atoms with van der Waals surface area (Å²) >= 11 is 0. The van der Waals surface area contributed by atoms with Gasteiger partial charge < -0.3 is 9.80 Å². The molecule has 5 aromatic rings. The van der Waals surface area contributed by atoms with Crippen molar-refractivity contribution < 1.29 is 9.59 Å². The maximum absolute atomic E-state index is 14.1. The van der Waals surface area contributed by atoms with Crippen molar-refractivity contribution in [1.29, 1.82) is 0 Å². The molecule has 0 saturated carbocycles. The van der Waals surface area contributed by atoms with Crippen molar-refractivity contribution in [3.63, 3.8) is 0 Å². The van der Waals surface area contributed by atoms with Crippen LogP contribution in [-0.2, 0) is 26.2 Å². The lowest BCUT2D eigenvalue weighted by molar-refractivity contribution is 0.0686. The van der Waals surface area contributed by atoms with Crippen LogP contribution < -0.4 is 0 Å². The van der Waals surface area contributed by atoms with Crippen LogP contribution in [-0.4, -0.2) is 41.6 Å². The largest absolute Gasteiger partial charge is 0.327 e. The Bertz CT molecular complexity index is 1330. The number of carbonyl (C=O) groups is 2. The van der Waals surface area contributed by atoms with E-state index in [1.54, 1.807) is 58.9 Å². The molecule has 8 heteroatoms. The molecule has 4 aromatic heterocycles. The maximum atomic E-state index is 14.1. The predicted octanol–water partition coefficient (Wildman–Crippen LogP) is 4.95. The number of pyridine rings is 4. The second kappa shape index (κ2) is 13.0. The first-order valence-electron chi connectivity index (χ1n) is 12.9. The molecule has 0 aliphatic heterocycles. The van der Waals surface area contributed by atoms with E-state index in [9.17, 15) is 9.59 Å². The van der Waals surface area contributed by atoms with Crippen LogP contribution in [0.2, 0.25) is 0 Å². The van der Waals surface area contributed by atoms with E-state index < -0.39 is 0 Å². The fourth-order valence-electron chi connectivity index (χ4n) is 4.34. The molecule has 0 fully saturated rings. The molecule has 1 aromatic carbocycles. The molecular weight excluding hydrogens is 500 g/mol. The Balaban J connectivity index is 1.48. The number of benzene rings is 1. The zero-order chi connectivity index (χ0) is 27.6. The summed E-state index contributed by atoms with van der Waals surface area (Å²) in [6, 6.07) is 29.3. The van der Waals surface area contributed by atoms with Crippen LogP contribution in [0.5, 0.6) is 0 Å². The summed E-state index contributed by atoms with van der Waals surface area (Å²) in [5, 5.41) is 0. The quantitative estimate of drug-likeness (QED) is 0.255. The van der Waals surface area contributed by atoms with Gasteiger partial charge in [0.25, 0.3) is 11.8 Å². The highest BCUT2D eigenvalue weighted by Gasteiger charge is 2.26. The van der Waals surface area contributed by atoms with Crippen LogP contribution >= 0.6 is 0 Å². The molecule has 0 aliphatic carbocycles. The summed E-state index contributed by atoms with van der Waals surface area (Å²) in [5.74, 6) is -0.563. The number of hydrogen-bond donors (Lipinski definition) is 0. The van der Waals surface area contributed by atoms with Crippen LogP contribution in [0, 0.1) is 0 Å². The molecule has 4 heterocycles. The molecule has 5 rings (SSSR count). The zero-order valence-corrected chi connectivity index (χ0v) is 21.9. The molecule has 0 aliphatic rings. The summed E-state index contributed by atoms with van der Waals surface area (Å²) in [6.45, 7) is 1.07. The number of amides is 2. The highest BCUT2D eigenvalue weighted by atomic mass is 16.2. The lowest BCUT2D eigenvalue weighted by Gasteiger charge is -2.26. The van der Waals surface area contributed by atoms with E-state index in [1.165, 1.54) is 0 Å². The van der Waals surface area contributed by atoms with Gasteiger partial charge in [-0.3, -0.25) is 29.5 Å². The van der Waals surface area contributed by atoms with E-state index in [1.807, 2.05) is 72.8 Å². The Kier molecular flexibility index (Phi) is 8.58. The number of rotatable bonds is 10. The fourth-order valence-corrected chi connectivity index (χ4v) is 4.34. The van der Waals surface area contributed by atoms with Crippen LogP contribution in [0.1, 0.15) is 43.5 Å². The van der Waals surface area contributed by atoms with Crippen molar-refractivity contribution in [2.24, 2.45) is 0 Å². The van der Waals surface area contributed by atoms with Crippen LogP contribution in [0.3, 0.4) is 0 Å². The van der Waals surface area contributed by atoms with Crippen molar-refractivity contribution in [3.05, 3.63) is 156 Å². The number of aromatic nitrogens is 4. The second-order valence-electron chi connectivity index (χ2n) is 9.15. The average molecular weight is 529 g/mol. The Morgan fingerprint density at radius 1 is 0.425 bits per heavy atom. The number of nitrogens with zero attached hydrogens (tertiary/aromatic N) is 6. The summed E-state index contributed by atoms with van der Waals surface area (Å²) in [5.41, 5.74) is 3.58. The van der Waals surface area contributed by atoms with Gasteiger partial charge in [-0.2, -0.15) is 0 Å². The SMILES string of the molecule is O=C(c1ccccc1C(=O)N(Cc1ccccn1)Cc1ccccn1)N(Cc1ccccn1)Cc1ccccn1. The molecule has 0 N–H and O–H groups in total. The van der Waals surface area contributed by atoms with E-state index in [0.29, 0.717) is 11.1 Å². The summed E-state index contributed by atoms with van der Waals surface area (Å²) in [4.78, 5) is 49.2.